The van der Waals surface area contributed by atoms with Gasteiger partial charge in [0.1, 0.15) is 11.1 Å². The van der Waals surface area contributed by atoms with E-state index in [1.165, 1.54) is 6.20 Å². The van der Waals surface area contributed by atoms with Gasteiger partial charge in [0.15, 0.2) is 6.10 Å². The third-order valence-electron chi connectivity index (χ3n) is 2.30. The molecular weight excluding hydrogens is 252 g/mol. The summed E-state index contributed by atoms with van der Waals surface area (Å²) in [7, 11) is 0. The smallest absolute Gasteiger partial charge is 0.335 e. The Labute approximate surface area is 99.5 Å². The molecule has 2 rings (SSSR count). The summed E-state index contributed by atoms with van der Waals surface area (Å²) in [4.78, 5) is 24.4. The van der Waals surface area contributed by atoms with Gasteiger partial charge >= 0.3 is 5.69 Å². The quantitative estimate of drug-likeness (QED) is 0.610. The van der Waals surface area contributed by atoms with Crippen LogP contribution in [0, 0.1) is 0 Å². The number of ether oxygens (including phenoxy) is 1. The predicted octanol–water partition coefficient (Wildman–Crippen LogP) is -1.35. The summed E-state index contributed by atoms with van der Waals surface area (Å²) in [5, 5.41) is 18.4. The van der Waals surface area contributed by atoms with Gasteiger partial charge in [-0.25, -0.2) is 9.36 Å². The van der Waals surface area contributed by atoms with Gasteiger partial charge in [-0.2, -0.15) is 0 Å². The van der Waals surface area contributed by atoms with Gasteiger partial charge in [0, 0.05) is 12.3 Å². The van der Waals surface area contributed by atoms with E-state index in [9.17, 15) is 14.7 Å². The van der Waals surface area contributed by atoms with Crippen LogP contribution in [-0.4, -0.2) is 38.6 Å². The number of halogens is 1. The lowest BCUT2D eigenvalue weighted by Crippen LogP contribution is -2.29. The highest BCUT2D eigenvalue weighted by molar-refractivity contribution is 6.32. The maximum absolute atomic E-state index is 11.5. The summed E-state index contributed by atoms with van der Waals surface area (Å²) in [5.41, 5.74) is -1.29. The second-order valence-corrected chi connectivity index (χ2v) is 3.82. The van der Waals surface area contributed by atoms with Gasteiger partial charge in [-0.15, -0.1) is 0 Å². The summed E-state index contributed by atoms with van der Waals surface area (Å²) >= 11 is 5.79. The first-order chi connectivity index (χ1) is 8.04. The van der Waals surface area contributed by atoms with Crippen molar-refractivity contribution in [1.82, 2.24) is 9.55 Å². The molecule has 1 aliphatic rings. The molecule has 0 bridgehead atoms. The van der Waals surface area contributed by atoms with Crippen LogP contribution in [0.3, 0.4) is 0 Å². The molecule has 0 aromatic carbocycles. The zero-order valence-corrected chi connectivity index (χ0v) is 9.22. The maximum atomic E-state index is 11.5. The molecule has 0 radical (unpaired) electrons. The van der Waals surface area contributed by atoms with E-state index in [-0.39, 0.29) is 10.9 Å². The Kier molecular flexibility index (Phi) is 3.05. The summed E-state index contributed by atoms with van der Waals surface area (Å²) in [6, 6.07) is 1.11. The van der Waals surface area contributed by atoms with Crippen LogP contribution in [0.15, 0.2) is 26.9 Å². The predicted molar refractivity (Wildman–Crippen MR) is 58.4 cm³/mol. The van der Waals surface area contributed by atoms with Crippen molar-refractivity contribution in [2.75, 3.05) is 6.61 Å². The first kappa shape index (κ1) is 11.9. The van der Waals surface area contributed by atoms with Gasteiger partial charge in [-0.1, -0.05) is 11.6 Å². The van der Waals surface area contributed by atoms with Crippen molar-refractivity contribution >= 4 is 17.5 Å². The van der Waals surface area contributed by atoms with Crippen LogP contribution in [0.1, 0.15) is 0 Å². The monoisotopic (exact) mass is 260 g/mol. The number of rotatable bonds is 2. The fraction of sp³-hybridized carbons (Fsp3) is 0.333. The van der Waals surface area contributed by atoms with E-state index in [0.717, 1.165) is 10.6 Å². The topological polar surface area (TPSA) is 105 Å². The fourth-order valence-electron chi connectivity index (χ4n) is 1.44. The van der Waals surface area contributed by atoms with Crippen LogP contribution >= 0.6 is 11.6 Å². The van der Waals surface area contributed by atoms with Crippen molar-refractivity contribution in [3.05, 3.63) is 38.1 Å². The molecule has 8 heteroatoms. The molecule has 7 nitrogen and oxygen atoms in total. The van der Waals surface area contributed by atoms with E-state index in [1.54, 1.807) is 0 Å². The van der Waals surface area contributed by atoms with Gasteiger partial charge in [0.25, 0.3) is 5.56 Å². The first-order valence-electron chi connectivity index (χ1n) is 4.72. The van der Waals surface area contributed by atoms with Gasteiger partial charge in [0.05, 0.1) is 6.61 Å². The summed E-state index contributed by atoms with van der Waals surface area (Å²) in [6.45, 7) is -0.445. The average Bonchev–Trinajstić information content (AvgIpc) is 2.57. The minimum Gasteiger partial charge on any atom is -0.469 e. The van der Waals surface area contributed by atoms with Crippen molar-refractivity contribution in [2.45, 2.75) is 12.2 Å². The van der Waals surface area contributed by atoms with Gasteiger partial charge in [0.2, 0.25) is 5.88 Å². The van der Waals surface area contributed by atoms with Crippen LogP contribution < -0.4 is 11.2 Å². The van der Waals surface area contributed by atoms with Gasteiger partial charge in [-0.3, -0.25) is 9.78 Å². The Morgan fingerprint density at radius 3 is 2.76 bits per heavy atom. The fourth-order valence-corrected chi connectivity index (χ4v) is 1.72. The molecule has 0 saturated heterocycles. The second kappa shape index (κ2) is 4.36. The molecule has 2 heterocycles. The Morgan fingerprint density at radius 1 is 1.53 bits per heavy atom. The molecule has 0 fully saturated rings. The first-order valence-corrected chi connectivity index (χ1v) is 5.10. The molecule has 0 saturated carbocycles. The number of nitrogens with zero attached hydrogens (tertiary/aromatic N) is 1. The number of hydrogen-bond donors (Lipinski definition) is 3. The van der Waals surface area contributed by atoms with E-state index in [4.69, 9.17) is 21.4 Å². The molecule has 0 unspecified atom stereocenters. The maximum Gasteiger partial charge on any atom is 0.335 e. The zero-order chi connectivity index (χ0) is 12.6. The summed E-state index contributed by atoms with van der Waals surface area (Å²) in [5.74, 6) is -0.0977. The minimum atomic E-state index is -1.20. The number of aliphatic hydroxyl groups is 2. The third kappa shape index (κ3) is 1.99. The Balaban J connectivity index is 2.48. The molecule has 0 spiro atoms. The lowest BCUT2D eigenvalue weighted by molar-refractivity contribution is 0.0244. The van der Waals surface area contributed by atoms with E-state index in [0.29, 0.717) is 0 Å². The molecular formula is C9H9ClN2O5. The summed E-state index contributed by atoms with van der Waals surface area (Å²) in [6.07, 6.45) is -0.947. The molecule has 1 aromatic heterocycles. The average molecular weight is 261 g/mol. The largest absolute Gasteiger partial charge is 0.469 e. The number of hydrogen-bond acceptors (Lipinski definition) is 5. The molecule has 0 amide bonds. The van der Waals surface area contributed by atoms with Crippen molar-refractivity contribution in [2.24, 2.45) is 0 Å². The van der Waals surface area contributed by atoms with Crippen LogP contribution in [0.4, 0.5) is 0 Å². The molecule has 2 atom stereocenters. The highest BCUT2D eigenvalue weighted by Crippen LogP contribution is 2.30. The molecule has 1 aliphatic heterocycles. The molecule has 0 aliphatic carbocycles. The van der Waals surface area contributed by atoms with Crippen LogP contribution in [0.25, 0.3) is 5.88 Å². The SMILES string of the molecule is O=c1ccn(C2=C(Cl)[C@H](O)[C@@H](CO)O2)c(=O)[nH]1. The van der Waals surface area contributed by atoms with Gasteiger partial charge < -0.3 is 14.9 Å². The molecule has 1 aromatic rings. The highest BCUT2D eigenvalue weighted by Gasteiger charge is 2.35. The van der Waals surface area contributed by atoms with Crippen molar-refractivity contribution in [3.63, 3.8) is 0 Å². The Morgan fingerprint density at radius 2 is 2.24 bits per heavy atom. The third-order valence-corrected chi connectivity index (χ3v) is 2.69. The second-order valence-electron chi connectivity index (χ2n) is 3.42. The van der Waals surface area contributed by atoms with Crippen molar-refractivity contribution < 1.29 is 14.9 Å². The molecule has 92 valence electrons. The van der Waals surface area contributed by atoms with Gasteiger partial charge in [-0.05, 0) is 0 Å². The molecule has 17 heavy (non-hydrogen) atoms. The van der Waals surface area contributed by atoms with Crippen LogP contribution in [0.5, 0.6) is 0 Å². The van der Waals surface area contributed by atoms with E-state index >= 15 is 0 Å². The lowest BCUT2D eigenvalue weighted by atomic mass is 10.2. The lowest BCUT2D eigenvalue weighted by Gasteiger charge is -2.12. The number of aromatic amines is 1. The van der Waals surface area contributed by atoms with Crippen LogP contribution in [-0.2, 0) is 4.74 Å². The van der Waals surface area contributed by atoms with Crippen molar-refractivity contribution in [1.29, 1.82) is 0 Å². The Hall–Kier alpha value is -1.57. The minimum absolute atomic E-state index is 0.0977. The number of nitrogens with one attached hydrogen (secondary N) is 1. The highest BCUT2D eigenvalue weighted by atomic mass is 35.5. The standard InChI is InChI=1S/C9H9ClN2O5/c10-6-7(15)4(3-13)17-8(6)12-2-1-5(14)11-9(12)16/h1-2,4,7,13,15H,3H2,(H,11,14,16)/t4-,7-/m1/s1. The number of aliphatic hydroxyl groups excluding tert-OH is 2. The molecule has 3 N–H and O–H groups in total. The van der Waals surface area contributed by atoms with E-state index < -0.39 is 30.1 Å². The zero-order valence-electron chi connectivity index (χ0n) is 8.46. The van der Waals surface area contributed by atoms with Crippen molar-refractivity contribution in [3.8, 4) is 0 Å². The number of aromatic nitrogens is 2. The van der Waals surface area contributed by atoms with Crippen LogP contribution in [0.2, 0.25) is 0 Å². The summed E-state index contributed by atoms with van der Waals surface area (Å²) < 4.78 is 6.08. The van der Waals surface area contributed by atoms with E-state index in [1.807, 2.05) is 4.98 Å². The Bertz CT molecular complexity index is 575. The normalized spacial score (nSPS) is 23.9. The number of H-pyrrole nitrogens is 1. The van der Waals surface area contributed by atoms with E-state index in [2.05, 4.69) is 0 Å².